The van der Waals surface area contributed by atoms with Crippen LogP contribution in [-0.2, 0) is 12.8 Å². The Morgan fingerprint density at radius 1 is 1.22 bits per heavy atom. The lowest BCUT2D eigenvalue weighted by molar-refractivity contribution is 0.559. The molecule has 1 aromatic heterocycles. The molecule has 96 valence electrons. The monoisotopic (exact) mass is 287 g/mol. The molecular weight excluding hydrogens is 276 g/mol. The number of nitrogens with two attached hydrogens (primary N) is 1. The second-order valence-electron chi connectivity index (χ2n) is 4.10. The molecule has 0 fully saturated rings. The lowest BCUT2D eigenvalue weighted by atomic mass is 10.0. The molecular formula is C13H12ClF2NS. The molecule has 1 nitrogen and oxygen atoms in total. The van der Waals surface area contributed by atoms with E-state index in [1.807, 2.05) is 11.4 Å². The van der Waals surface area contributed by atoms with E-state index in [2.05, 4.69) is 0 Å². The van der Waals surface area contributed by atoms with Gasteiger partial charge in [0.05, 0.1) is 5.02 Å². The fourth-order valence-corrected chi connectivity index (χ4v) is 2.96. The summed E-state index contributed by atoms with van der Waals surface area (Å²) in [6.07, 6.45) is 0.952. The number of halogens is 3. The van der Waals surface area contributed by atoms with E-state index in [9.17, 15) is 8.78 Å². The molecule has 0 amide bonds. The number of thiophene rings is 1. The highest BCUT2D eigenvalue weighted by Crippen LogP contribution is 2.24. The van der Waals surface area contributed by atoms with Crippen molar-refractivity contribution in [3.8, 4) is 0 Å². The van der Waals surface area contributed by atoms with Crippen molar-refractivity contribution in [1.82, 2.24) is 0 Å². The van der Waals surface area contributed by atoms with E-state index in [-0.39, 0.29) is 6.04 Å². The van der Waals surface area contributed by atoms with E-state index in [4.69, 9.17) is 17.3 Å². The second kappa shape index (κ2) is 5.78. The van der Waals surface area contributed by atoms with Crippen LogP contribution in [0, 0.1) is 11.6 Å². The van der Waals surface area contributed by atoms with Gasteiger partial charge < -0.3 is 5.73 Å². The van der Waals surface area contributed by atoms with Crippen LogP contribution in [0.1, 0.15) is 10.4 Å². The highest BCUT2D eigenvalue weighted by Gasteiger charge is 2.12. The Kier molecular flexibility index (Phi) is 4.32. The zero-order valence-electron chi connectivity index (χ0n) is 9.50. The molecule has 2 N–H and O–H groups in total. The quantitative estimate of drug-likeness (QED) is 0.910. The van der Waals surface area contributed by atoms with Crippen molar-refractivity contribution in [3.05, 3.63) is 56.7 Å². The van der Waals surface area contributed by atoms with Crippen molar-refractivity contribution in [2.24, 2.45) is 5.73 Å². The van der Waals surface area contributed by atoms with E-state index < -0.39 is 11.6 Å². The van der Waals surface area contributed by atoms with Gasteiger partial charge in [-0.25, -0.2) is 8.78 Å². The van der Waals surface area contributed by atoms with Crippen LogP contribution in [0.3, 0.4) is 0 Å². The third-order valence-electron chi connectivity index (χ3n) is 2.64. The van der Waals surface area contributed by atoms with E-state index in [0.717, 1.165) is 10.9 Å². The fraction of sp³-hybridized carbons (Fsp3) is 0.231. The maximum Gasteiger partial charge on any atom is 0.129 e. The molecule has 1 atom stereocenters. The van der Waals surface area contributed by atoms with Gasteiger partial charge in [0.15, 0.2) is 0 Å². The molecule has 0 aliphatic carbocycles. The minimum atomic E-state index is -0.578. The Morgan fingerprint density at radius 2 is 2.00 bits per heavy atom. The molecule has 18 heavy (non-hydrogen) atoms. The Morgan fingerprint density at radius 3 is 2.61 bits per heavy atom. The third-order valence-corrected chi connectivity index (χ3v) is 4.05. The van der Waals surface area contributed by atoms with Crippen LogP contribution < -0.4 is 5.73 Å². The van der Waals surface area contributed by atoms with Gasteiger partial charge in [-0.1, -0.05) is 17.7 Å². The lowest BCUT2D eigenvalue weighted by Crippen LogP contribution is -2.25. The Labute approximate surface area is 113 Å². The molecule has 0 bridgehead atoms. The summed E-state index contributed by atoms with van der Waals surface area (Å²) >= 11 is 7.50. The van der Waals surface area contributed by atoms with Crippen LogP contribution in [-0.4, -0.2) is 6.04 Å². The molecule has 0 saturated heterocycles. The second-order valence-corrected chi connectivity index (χ2v) is 5.50. The predicted octanol–water partition coefficient (Wildman–Crippen LogP) is 3.79. The van der Waals surface area contributed by atoms with E-state index >= 15 is 0 Å². The van der Waals surface area contributed by atoms with Gasteiger partial charge in [0.2, 0.25) is 0 Å². The average Bonchev–Trinajstić information content (AvgIpc) is 2.69. The van der Waals surface area contributed by atoms with Gasteiger partial charge in [-0.15, -0.1) is 11.3 Å². The Hall–Kier alpha value is -0.970. The van der Waals surface area contributed by atoms with Crippen molar-refractivity contribution in [1.29, 1.82) is 0 Å². The summed E-state index contributed by atoms with van der Waals surface area (Å²) in [5, 5.41) is 2.58. The van der Waals surface area contributed by atoms with Crippen molar-refractivity contribution >= 4 is 22.9 Å². The van der Waals surface area contributed by atoms with E-state index in [1.165, 1.54) is 23.5 Å². The molecule has 1 heterocycles. The van der Waals surface area contributed by atoms with E-state index in [0.29, 0.717) is 23.4 Å². The Balaban J connectivity index is 2.03. The predicted molar refractivity (Wildman–Crippen MR) is 71.1 cm³/mol. The standard InChI is InChI=1S/C13H12ClF2NS/c14-11-3-4-18-13(11)7-10(17)5-8-1-2-9(15)6-12(8)16/h1-4,6,10H,5,7,17H2. The number of rotatable bonds is 4. The normalized spacial score (nSPS) is 12.7. The highest BCUT2D eigenvalue weighted by atomic mass is 35.5. The summed E-state index contributed by atoms with van der Waals surface area (Å²) < 4.78 is 26.2. The molecule has 0 radical (unpaired) electrons. The summed E-state index contributed by atoms with van der Waals surface area (Å²) in [5.41, 5.74) is 6.39. The summed E-state index contributed by atoms with van der Waals surface area (Å²) in [5.74, 6) is -1.13. The highest BCUT2D eigenvalue weighted by molar-refractivity contribution is 7.10. The number of benzene rings is 1. The van der Waals surface area contributed by atoms with Crippen molar-refractivity contribution in [2.45, 2.75) is 18.9 Å². The summed E-state index contributed by atoms with van der Waals surface area (Å²) in [6, 6.07) is 5.12. The topological polar surface area (TPSA) is 26.0 Å². The molecule has 0 aliphatic heterocycles. The van der Waals surface area contributed by atoms with Crippen LogP contribution in [0.4, 0.5) is 8.78 Å². The van der Waals surface area contributed by atoms with Gasteiger partial charge in [0.25, 0.3) is 0 Å². The minimum absolute atomic E-state index is 0.235. The van der Waals surface area contributed by atoms with Gasteiger partial charge in [0, 0.05) is 17.0 Å². The summed E-state index contributed by atoms with van der Waals surface area (Å²) in [4.78, 5) is 0.992. The van der Waals surface area contributed by atoms with Crippen molar-refractivity contribution < 1.29 is 8.78 Å². The molecule has 1 aromatic carbocycles. The van der Waals surface area contributed by atoms with Gasteiger partial charge in [-0.05, 0) is 35.9 Å². The first-order valence-electron chi connectivity index (χ1n) is 5.47. The smallest absolute Gasteiger partial charge is 0.129 e. The maximum absolute atomic E-state index is 13.4. The zero-order chi connectivity index (χ0) is 13.1. The number of hydrogen-bond donors (Lipinski definition) is 1. The van der Waals surface area contributed by atoms with Crippen LogP contribution in [0.5, 0.6) is 0 Å². The molecule has 0 spiro atoms. The van der Waals surface area contributed by atoms with Crippen LogP contribution >= 0.6 is 22.9 Å². The van der Waals surface area contributed by atoms with Crippen LogP contribution in [0.15, 0.2) is 29.6 Å². The summed E-state index contributed by atoms with van der Waals surface area (Å²) in [7, 11) is 0. The molecule has 2 aromatic rings. The Bertz CT molecular complexity index is 542. The molecule has 0 aliphatic rings. The summed E-state index contributed by atoms with van der Waals surface area (Å²) in [6.45, 7) is 0. The maximum atomic E-state index is 13.4. The van der Waals surface area contributed by atoms with Gasteiger partial charge in [0.1, 0.15) is 11.6 Å². The van der Waals surface area contributed by atoms with E-state index in [1.54, 1.807) is 0 Å². The fourth-order valence-electron chi connectivity index (χ4n) is 1.75. The van der Waals surface area contributed by atoms with Crippen LogP contribution in [0.25, 0.3) is 0 Å². The first kappa shape index (κ1) is 13.5. The van der Waals surface area contributed by atoms with Gasteiger partial charge in [-0.3, -0.25) is 0 Å². The zero-order valence-corrected chi connectivity index (χ0v) is 11.1. The minimum Gasteiger partial charge on any atom is -0.327 e. The number of hydrogen-bond acceptors (Lipinski definition) is 2. The third kappa shape index (κ3) is 3.28. The van der Waals surface area contributed by atoms with Gasteiger partial charge >= 0.3 is 0 Å². The molecule has 1 unspecified atom stereocenters. The SMILES string of the molecule is NC(Cc1ccc(F)cc1F)Cc1sccc1Cl. The van der Waals surface area contributed by atoms with Gasteiger partial charge in [-0.2, -0.15) is 0 Å². The average molecular weight is 288 g/mol. The molecule has 2 rings (SSSR count). The molecule has 5 heteroatoms. The van der Waals surface area contributed by atoms with Crippen molar-refractivity contribution in [3.63, 3.8) is 0 Å². The first-order chi connectivity index (χ1) is 8.56. The van der Waals surface area contributed by atoms with Crippen LogP contribution in [0.2, 0.25) is 5.02 Å². The van der Waals surface area contributed by atoms with Crippen molar-refractivity contribution in [2.75, 3.05) is 0 Å². The molecule has 0 saturated carbocycles. The first-order valence-corrected chi connectivity index (χ1v) is 6.73. The largest absolute Gasteiger partial charge is 0.327 e. The lowest BCUT2D eigenvalue weighted by Gasteiger charge is -2.11.